The Kier molecular flexibility index (Phi) is 6.29. The number of hydrogen-bond donors (Lipinski definition) is 2. The highest BCUT2D eigenvalue weighted by molar-refractivity contribution is 6.29. The van der Waals surface area contributed by atoms with Gasteiger partial charge in [-0.05, 0) is 85.4 Å². The van der Waals surface area contributed by atoms with E-state index in [1.807, 2.05) is 24.3 Å². The first-order valence-corrected chi connectivity index (χ1v) is 16.0. The number of nitrogen functional groups attached to an aromatic ring is 1. The van der Waals surface area contributed by atoms with Gasteiger partial charge in [0.1, 0.15) is 5.82 Å². The highest BCUT2D eigenvalue weighted by atomic mass is 15.2. The molecule has 222 valence electrons. The van der Waals surface area contributed by atoms with Crippen LogP contribution in [0, 0.1) is 0 Å². The summed E-state index contributed by atoms with van der Waals surface area (Å²) >= 11 is 0. The van der Waals surface area contributed by atoms with E-state index in [4.69, 9.17) is 5.73 Å². The predicted octanol–water partition coefficient (Wildman–Crippen LogP) is 11.6. The molecule has 0 spiro atoms. The summed E-state index contributed by atoms with van der Waals surface area (Å²) in [6.45, 7) is 0. The van der Waals surface area contributed by atoms with Crippen LogP contribution in [-0.2, 0) is 0 Å². The molecule has 9 rings (SSSR count). The number of nitrogens with one attached hydrogen (secondary N) is 1. The second-order valence-corrected chi connectivity index (χ2v) is 12.1. The van der Waals surface area contributed by atoms with Crippen molar-refractivity contribution in [3.63, 3.8) is 0 Å². The second kappa shape index (κ2) is 10.9. The zero-order valence-electron chi connectivity index (χ0n) is 25.7. The molecule has 0 radical (unpaired) electrons. The van der Waals surface area contributed by atoms with Gasteiger partial charge >= 0.3 is 0 Å². The van der Waals surface area contributed by atoms with E-state index in [-0.39, 0.29) is 0 Å². The summed E-state index contributed by atoms with van der Waals surface area (Å²) in [6.07, 6.45) is 2.22. The predicted molar refractivity (Wildman–Crippen MR) is 202 cm³/mol. The van der Waals surface area contributed by atoms with E-state index >= 15 is 0 Å². The van der Waals surface area contributed by atoms with Crippen molar-refractivity contribution in [2.45, 2.75) is 0 Å². The molecule has 0 bridgehead atoms. The number of nitrogens with zero attached hydrogens (tertiary/aromatic N) is 1. The summed E-state index contributed by atoms with van der Waals surface area (Å²) in [5, 5.41) is 13.7. The van der Waals surface area contributed by atoms with Crippen molar-refractivity contribution in [3.8, 4) is 11.1 Å². The van der Waals surface area contributed by atoms with Crippen molar-refractivity contribution < 1.29 is 0 Å². The van der Waals surface area contributed by atoms with E-state index in [0.29, 0.717) is 5.69 Å². The first-order chi connectivity index (χ1) is 23.2. The van der Waals surface area contributed by atoms with Crippen molar-refractivity contribution in [1.29, 1.82) is 0 Å². The number of anilines is 2. The van der Waals surface area contributed by atoms with Gasteiger partial charge < -0.3 is 11.1 Å². The molecule has 0 fully saturated rings. The highest BCUT2D eigenvalue weighted by Gasteiger charge is 2.19. The molecule has 3 N–H and O–H groups in total. The van der Waals surface area contributed by atoms with Gasteiger partial charge in [-0.25, -0.2) is 0 Å². The third kappa shape index (κ3) is 4.60. The van der Waals surface area contributed by atoms with Crippen molar-refractivity contribution in [2.75, 3.05) is 11.1 Å². The summed E-state index contributed by atoms with van der Waals surface area (Å²) in [4.78, 5) is 0. The quantitative estimate of drug-likeness (QED) is 0.193. The Balaban J connectivity index is 1.28. The van der Waals surface area contributed by atoms with Crippen LogP contribution in [-0.4, -0.2) is 4.57 Å². The van der Waals surface area contributed by atoms with Crippen LogP contribution in [0.1, 0.15) is 5.56 Å². The van der Waals surface area contributed by atoms with E-state index in [2.05, 4.69) is 155 Å². The average Bonchev–Trinajstić information content (AvgIpc) is 3.48. The largest absolute Gasteiger partial charge is 0.397 e. The minimum absolute atomic E-state index is 0.696. The smallest absolute Gasteiger partial charge is 0.116 e. The van der Waals surface area contributed by atoms with Gasteiger partial charge in [0.25, 0.3) is 0 Å². The van der Waals surface area contributed by atoms with Gasteiger partial charge in [0, 0.05) is 10.8 Å². The van der Waals surface area contributed by atoms with Crippen LogP contribution >= 0.6 is 0 Å². The van der Waals surface area contributed by atoms with Crippen LogP contribution in [0.5, 0.6) is 0 Å². The van der Waals surface area contributed by atoms with Crippen LogP contribution in [0.4, 0.5) is 11.4 Å². The number of fused-ring (bicyclic) bond motifs is 8. The number of para-hydroxylation sites is 2. The first kappa shape index (κ1) is 27.0. The number of aromatic nitrogens is 1. The van der Waals surface area contributed by atoms with Crippen molar-refractivity contribution >= 4 is 77.4 Å². The van der Waals surface area contributed by atoms with E-state index in [1.54, 1.807) is 0 Å². The Morgan fingerprint density at radius 3 is 1.68 bits per heavy atom. The number of benzene rings is 8. The SMILES string of the molecule is Nc1ccccc1N/C(=C/c1ccc(-c2ccc3ccccc3c2)cc1)n1c2ccc3ccccc3c2c2c3ccccc3ccc21. The summed E-state index contributed by atoms with van der Waals surface area (Å²) in [5.74, 6) is 0.923. The molecule has 0 atom stereocenters. The molecule has 0 aliphatic heterocycles. The molecule has 9 aromatic rings. The third-order valence-electron chi connectivity index (χ3n) is 9.31. The average molecular weight is 602 g/mol. The van der Waals surface area contributed by atoms with Crippen LogP contribution in [0.3, 0.4) is 0 Å². The molecule has 3 heteroatoms. The summed E-state index contributed by atoms with van der Waals surface area (Å²) in [5.41, 5.74) is 13.8. The molecule has 3 nitrogen and oxygen atoms in total. The van der Waals surface area contributed by atoms with E-state index < -0.39 is 0 Å². The molecule has 0 amide bonds. The molecular formula is C44H31N3. The lowest BCUT2D eigenvalue weighted by atomic mass is 10.00. The Labute approximate surface area is 272 Å². The topological polar surface area (TPSA) is 43.0 Å². The van der Waals surface area contributed by atoms with Gasteiger partial charge in [0.15, 0.2) is 0 Å². The van der Waals surface area contributed by atoms with Crippen LogP contribution < -0.4 is 11.1 Å². The Bertz CT molecular complexity index is 2570. The van der Waals surface area contributed by atoms with Gasteiger partial charge in [-0.1, -0.05) is 133 Å². The molecule has 47 heavy (non-hydrogen) atoms. The summed E-state index contributed by atoms with van der Waals surface area (Å²) < 4.78 is 2.35. The van der Waals surface area contributed by atoms with Gasteiger partial charge in [-0.2, -0.15) is 0 Å². The zero-order chi connectivity index (χ0) is 31.3. The standard InChI is InChI=1S/C44H31N3/c45-38-15-7-8-16-39(38)46-42(27-29-17-19-31(20-18-29)35-22-21-30-9-1-2-12-34(30)28-35)47-40-25-23-32-10-3-5-13-36(32)43(40)44-37-14-6-4-11-33(37)24-26-41(44)47/h1-28,46H,45H2/b42-27-. The number of rotatable bonds is 5. The molecule has 8 aromatic carbocycles. The van der Waals surface area contributed by atoms with Crippen molar-refractivity contribution in [3.05, 3.63) is 169 Å². The molecule has 0 saturated carbocycles. The number of nitrogens with two attached hydrogens (primary N) is 1. The fraction of sp³-hybridized carbons (Fsp3) is 0. The highest BCUT2D eigenvalue weighted by Crippen LogP contribution is 2.41. The van der Waals surface area contributed by atoms with Crippen LogP contribution in [0.2, 0.25) is 0 Å². The third-order valence-corrected chi connectivity index (χ3v) is 9.31. The Hall–Kier alpha value is -6.32. The lowest BCUT2D eigenvalue weighted by Gasteiger charge is -2.17. The fourth-order valence-electron chi connectivity index (χ4n) is 7.01. The molecule has 0 saturated heterocycles. The maximum Gasteiger partial charge on any atom is 0.116 e. The first-order valence-electron chi connectivity index (χ1n) is 16.0. The van der Waals surface area contributed by atoms with E-state index in [0.717, 1.165) is 28.1 Å². The molecule has 1 heterocycles. The lowest BCUT2D eigenvalue weighted by Crippen LogP contribution is -2.08. The summed E-state index contributed by atoms with van der Waals surface area (Å²) in [6, 6.07) is 58.2. The maximum absolute atomic E-state index is 6.51. The minimum Gasteiger partial charge on any atom is -0.397 e. The van der Waals surface area contributed by atoms with Gasteiger partial charge in [0.05, 0.1) is 22.4 Å². The normalized spacial score (nSPS) is 12.0. The molecule has 0 aliphatic carbocycles. The zero-order valence-corrected chi connectivity index (χ0v) is 25.7. The number of hydrogen-bond acceptors (Lipinski definition) is 2. The molecule has 1 aromatic heterocycles. The minimum atomic E-state index is 0.696. The molecule has 0 aliphatic rings. The fourth-order valence-corrected chi connectivity index (χ4v) is 7.01. The molecular weight excluding hydrogens is 571 g/mol. The molecule has 0 unspecified atom stereocenters. The van der Waals surface area contributed by atoms with Gasteiger partial charge in [0.2, 0.25) is 0 Å². The Morgan fingerprint density at radius 2 is 1.02 bits per heavy atom. The van der Waals surface area contributed by atoms with Crippen molar-refractivity contribution in [2.24, 2.45) is 0 Å². The van der Waals surface area contributed by atoms with Gasteiger partial charge in [-0.3, -0.25) is 4.57 Å². The Morgan fingerprint density at radius 1 is 0.489 bits per heavy atom. The lowest BCUT2D eigenvalue weighted by molar-refractivity contribution is 1.21. The van der Waals surface area contributed by atoms with Crippen molar-refractivity contribution in [1.82, 2.24) is 4.57 Å². The van der Waals surface area contributed by atoms with E-state index in [1.165, 1.54) is 54.2 Å². The van der Waals surface area contributed by atoms with E-state index in [9.17, 15) is 0 Å². The van der Waals surface area contributed by atoms with Crippen LogP contribution in [0.25, 0.3) is 77.1 Å². The van der Waals surface area contributed by atoms with Gasteiger partial charge in [-0.15, -0.1) is 0 Å². The maximum atomic E-state index is 6.51. The summed E-state index contributed by atoms with van der Waals surface area (Å²) in [7, 11) is 0. The van der Waals surface area contributed by atoms with Crippen LogP contribution in [0.15, 0.2) is 164 Å². The monoisotopic (exact) mass is 601 g/mol. The second-order valence-electron chi connectivity index (χ2n) is 12.1.